The van der Waals surface area contributed by atoms with E-state index in [9.17, 15) is 18.0 Å². The molecule has 2 amide bonds. The molecular weight excluding hydrogens is 438 g/mol. The van der Waals surface area contributed by atoms with Gasteiger partial charge in [0.15, 0.2) is 0 Å². The Kier molecular flexibility index (Phi) is 9.46. The lowest BCUT2D eigenvalue weighted by atomic mass is 10.1. The molecule has 1 N–H and O–H groups in total. The lowest BCUT2D eigenvalue weighted by Crippen LogP contribution is -2.48. The van der Waals surface area contributed by atoms with E-state index in [1.54, 1.807) is 18.9 Å². The number of nitrogens with zero attached hydrogens (tertiary/aromatic N) is 2. The first kappa shape index (κ1) is 26.4. The average molecular weight is 474 g/mol. The molecule has 8 heteroatoms. The van der Waals surface area contributed by atoms with Crippen molar-refractivity contribution < 1.29 is 18.0 Å². The third-order valence-corrected chi connectivity index (χ3v) is 6.86. The van der Waals surface area contributed by atoms with Crippen LogP contribution >= 0.6 is 0 Å². The highest BCUT2D eigenvalue weighted by Crippen LogP contribution is 2.24. The van der Waals surface area contributed by atoms with Gasteiger partial charge in [0.25, 0.3) is 0 Å². The number of amides is 2. The smallest absolute Gasteiger partial charge is 0.242 e. The van der Waals surface area contributed by atoms with Gasteiger partial charge in [-0.15, -0.1) is 0 Å². The molecule has 0 aliphatic carbocycles. The monoisotopic (exact) mass is 473 g/mol. The number of benzene rings is 2. The van der Waals surface area contributed by atoms with Crippen molar-refractivity contribution in [1.29, 1.82) is 0 Å². The number of nitrogens with one attached hydrogen (secondary N) is 1. The first-order valence-corrected chi connectivity index (χ1v) is 13.0. The predicted molar refractivity (Wildman–Crippen MR) is 133 cm³/mol. The molecule has 0 radical (unpaired) electrons. The lowest BCUT2D eigenvalue weighted by Gasteiger charge is -2.29. The molecule has 0 fully saturated rings. The van der Waals surface area contributed by atoms with Crippen LogP contribution in [0.4, 0.5) is 5.69 Å². The van der Waals surface area contributed by atoms with Crippen molar-refractivity contribution in [2.45, 2.75) is 46.1 Å². The van der Waals surface area contributed by atoms with Crippen LogP contribution in [0.2, 0.25) is 0 Å². The standard InChI is InChI=1S/C25H35N3O4S/c1-19-13-14-20(2)23(18-19)28(33(5,31)32)16-9-12-24(29)27(21(3)25(30)26-4)17-15-22-10-7-6-8-11-22/h6-8,10-11,13-14,18,21H,9,12,15-17H2,1-5H3,(H,26,30). The fraction of sp³-hybridized carbons (Fsp3) is 0.440. The SMILES string of the molecule is CNC(=O)C(C)N(CCc1ccccc1)C(=O)CCCN(c1cc(C)ccc1C)S(C)(=O)=O. The molecule has 0 saturated carbocycles. The largest absolute Gasteiger partial charge is 0.357 e. The molecular formula is C25H35N3O4S. The van der Waals surface area contributed by atoms with Gasteiger partial charge in [-0.1, -0.05) is 42.5 Å². The second-order valence-electron chi connectivity index (χ2n) is 8.34. The van der Waals surface area contributed by atoms with Gasteiger partial charge in [-0.05, 0) is 56.4 Å². The Morgan fingerprint density at radius 2 is 1.70 bits per heavy atom. The third-order valence-electron chi connectivity index (χ3n) is 5.68. The number of sulfonamides is 1. The number of likely N-dealkylation sites (N-methyl/N-ethyl adjacent to an activating group) is 1. The van der Waals surface area contributed by atoms with Gasteiger partial charge in [0, 0.05) is 26.6 Å². The Balaban J connectivity index is 2.11. The maximum absolute atomic E-state index is 13.1. The highest BCUT2D eigenvalue weighted by Gasteiger charge is 2.26. The van der Waals surface area contributed by atoms with E-state index in [0.29, 0.717) is 25.1 Å². The van der Waals surface area contributed by atoms with Gasteiger partial charge in [0.05, 0.1) is 11.9 Å². The molecule has 180 valence electrons. The van der Waals surface area contributed by atoms with E-state index in [1.807, 2.05) is 62.4 Å². The van der Waals surface area contributed by atoms with Crippen molar-refractivity contribution in [2.24, 2.45) is 0 Å². The zero-order valence-corrected chi connectivity index (χ0v) is 21.0. The van der Waals surface area contributed by atoms with Crippen LogP contribution < -0.4 is 9.62 Å². The molecule has 0 spiro atoms. The molecule has 1 unspecified atom stereocenters. The molecule has 2 aromatic rings. The molecule has 7 nitrogen and oxygen atoms in total. The van der Waals surface area contributed by atoms with Gasteiger partial charge in [0.2, 0.25) is 21.8 Å². The molecule has 0 aliphatic rings. The number of hydrogen-bond acceptors (Lipinski definition) is 4. The van der Waals surface area contributed by atoms with Crippen molar-refractivity contribution in [3.05, 3.63) is 65.2 Å². The third kappa shape index (κ3) is 7.60. The summed E-state index contributed by atoms with van der Waals surface area (Å²) in [5.74, 6) is -0.402. The summed E-state index contributed by atoms with van der Waals surface area (Å²) in [6.07, 6.45) is 2.30. The molecule has 0 aliphatic heterocycles. The minimum Gasteiger partial charge on any atom is -0.357 e. The van der Waals surface area contributed by atoms with E-state index in [0.717, 1.165) is 16.7 Å². The summed E-state index contributed by atoms with van der Waals surface area (Å²) in [6.45, 7) is 6.09. The topological polar surface area (TPSA) is 86.8 Å². The zero-order chi connectivity index (χ0) is 24.6. The number of carbonyl (C=O) groups excluding carboxylic acids is 2. The van der Waals surface area contributed by atoms with E-state index in [4.69, 9.17) is 0 Å². The van der Waals surface area contributed by atoms with E-state index >= 15 is 0 Å². The van der Waals surface area contributed by atoms with Gasteiger partial charge >= 0.3 is 0 Å². The van der Waals surface area contributed by atoms with Crippen molar-refractivity contribution >= 4 is 27.5 Å². The van der Waals surface area contributed by atoms with Crippen molar-refractivity contribution in [3.8, 4) is 0 Å². The summed E-state index contributed by atoms with van der Waals surface area (Å²) in [4.78, 5) is 26.9. The van der Waals surface area contributed by atoms with E-state index < -0.39 is 16.1 Å². The van der Waals surface area contributed by atoms with Crippen LogP contribution in [-0.2, 0) is 26.0 Å². The van der Waals surface area contributed by atoms with Crippen molar-refractivity contribution in [3.63, 3.8) is 0 Å². The van der Waals surface area contributed by atoms with E-state index in [-0.39, 0.29) is 24.8 Å². The molecule has 33 heavy (non-hydrogen) atoms. The summed E-state index contributed by atoms with van der Waals surface area (Å²) in [5, 5.41) is 2.61. The Morgan fingerprint density at radius 3 is 2.30 bits per heavy atom. The van der Waals surface area contributed by atoms with Crippen LogP contribution in [-0.4, -0.2) is 57.6 Å². The Morgan fingerprint density at radius 1 is 1.03 bits per heavy atom. The molecule has 2 rings (SSSR count). The normalized spacial score (nSPS) is 12.2. The van der Waals surface area contributed by atoms with Crippen LogP contribution in [0.3, 0.4) is 0 Å². The minimum atomic E-state index is -3.51. The van der Waals surface area contributed by atoms with Crippen LogP contribution in [0.25, 0.3) is 0 Å². The summed E-state index contributed by atoms with van der Waals surface area (Å²) in [7, 11) is -1.96. The summed E-state index contributed by atoms with van der Waals surface area (Å²) in [5.41, 5.74) is 3.53. The van der Waals surface area contributed by atoms with E-state index in [2.05, 4.69) is 5.32 Å². The van der Waals surface area contributed by atoms with Crippen LogP contribution in [0.5, 0.6) is 0 Å². The summed E-state index contributed by atoms with van der Waals surface area (Å²) < 4.78 is 26.3. The summed E-state index contributed by atoms with van der Waals surface area (Å²) in [6, 6.07) is 14.9. The molecule has 2 aromatic carbocycles. The van der Waals surface area contributed by atoms with Crippen molar-refractivity contribution in [2.75, 3.05) is 30.7 Å². The molecule has 0 heterocycles. The minimum absolute atomic E-state index is 0.146. The zero-order valence-electron chi connectivity index (χ0n) is 20.2. The highest BCUT2D eigenvalue weighted by molar-refractivity contribution is 7.92. The fourth-order valence-electron chi connectivity index (χ4n) is 3.75. The quantitative estimate of drug-likeness (QED) is 0.543. The Labute approximate surface area is 197 Å². The lowest BCUT2D eigenvalue weighted by molar-refractivity contribution is -0.139. The van der Waals surface area contributed by atoms with Crippen LogP contribution in [0.1, 0.15) is 36.5 Å². The second kappa shape index (κ2) is 11.8. The molecule has 0 saturated heterocycles. The molecule has 1 atom stereocenters. The first-order chi connectivity index (χ1) is 15.5. The van der Waals surface area contributed by atoms with Crippen LogP contribution in [0, 0.1) is 13.8 Å². The highest BCUT2D eigenvalue weighted by atomic mass is 32.2. The van der Waals surface area contributed by atoms with Crippen molar-refractivity contribution in [1.82, 2.24) is 10.2 Å². The maximum Gasteiger partial charge on any atom is 0.242 e. The summed E-state index contributed by atoms with van der Waals surface area (Å²) >= 11 is 0. The number of aryl methyl sites for hydroxylation is 2. The first-order valence-electron chi connectivity index (χ1n) is 11.1. The van der Waals surface area contributed by atoms with Gasteiger partial charge < -0.3 is 10.2 Å². The Hall–Kier alpha value is -2.87. The number of carbonyl (C=O) groups is 2. The Bertz CT molecular complexity index is 1050. The van der Waals surface area contributed by atoms with Gasteiger partial charge in [-0.25, -0.2) is 8.42 Å². The van der Waals surface area contributed by atoms with Gasteiger partial charge in [-0.2, -0.15) is 0 Å². The number of rotatable bonds is 11. The average Bonchev–Trinajstić information content (AvgIpc) is 2.77. The molecule has 0 aromatic heterocycles. The molecule has 0 bridgehead atoms. The van der Waals surface area contributed by atoms with Crippen LogP contribution in [0.15, 0.2) is 48.5 Å². The number of anilines is 1. The predicted octanol–water partition coefficient (Wildman–Crippen LogP) is 3.06. The van der Waals surface area contributed by atoms with Gasteiger partial charge in [-0.3, -0.25) is 13.9 Å². The maximum atomic E-state index is 13.1. The second-order valence-corrected chi connectivity index (χ2v) is 10.2. The fourth-order valence-corrected chi connectivity index (χ4v) is 4.76. The van der Waals surface area contributed by atoms with E-state index in [1.165, 1.54) is 10.6 Å². The van der Waals surface area contributed by atoms with Gasteiger partial charge in [0.1, 0.15) is 6.04 Å². The number of hydrogen-bond donors (Lipinski definition) is 1.